The minimum absolute atomic E-state index is 0.144. The number of likely N-dealkylation sites (N-methyl/N-ethyl adjacent to an activating group) is 1. The van der Waals surface area contributed by atoms with Crippen LogP contribution in [0.5, 0.6) is 0 Å². The molecule has 0 radical (unpaired) electrons. The van der Waals surface area contributed by atoms with E-state index in [0.29, 0.717) is 0 Å². The molecule has 0 aliphatic carbocycles. The molecular weight excluding hydrogens is 324 g/mol. The molecule has 0 bridgehead atoms. The molecule has 4 heteroatoms. The van der Waals surface area contributed by atoms with Gasteiger partial charge in [0.1, 0.15) is 11.3 Å². The Kier molecular flexibility index (Phi) is 5.07. The van der Waals surface area contributed by atoms with Crippen LogP contribution in [0, 0.1) is 0 Å². The fraction of sp³-hybridized carbons (Fsp3) is 0.364. The molecule has 0 unspecified atom stereocenters. The van der Waals surface area contributed by atoms with Crippen molar-refractivity contribution < 1.29 is 9.15 Å². The summed E-state index contributed by atoms with van der Waals surface area (Å²) in [6.07, 6.45) is 0.144. The third-order valence-corrected chi connectivity index (χ3v) is 4.98. The van der Waals surface area contributed by atoms with Crippen LogP contribution in [0.4, 0.5) is 0 Å². The smallest absolute Gasteiger partial charge is 0.134 e. The van der Waals surface area contributed by atoms with E-state index in [4.69, 9.17) is 9.15 Å². The average molecular weight is 350 g/mol. The van der Waals surface area contributed by atoms with Crippen molar-refractivity contribution in [1.29, 1.82) is 0 Å². The molecule has 0 saturated carbocycles. The number of fused-ring (bicyclic) bond motifs is 1. The molecule has 0 spiro atoms. The highest BCUT2D eigenvalue weighted by molar-refractivity contribution is 5.77. The van der Waals surface area contributed by atoms with Gasteiger partial charge in [-0.15, -0.1) is 0 Å². The highest BCUT2D eigenvalue weighted by Gasteiger charge is 2.34. The molecule has 1 aromatic heterocycles. The maximum Gasteiger partial charge on any atom is 0.134 e. The van der Waals surface area contributed by atoms with E-state index in [9.17, 15) is 0 Å². The minimum atomic E-state index is 0.144. The Bertz CT molecular complexity index is 810. The largest absolute Gasteiger partial charge is 0.460 e. The number of hydrogen-bond acceptors (Lipinski definition) is 4. The molecule has 1 fully saturated rings. The fourth-order valence-electron chi connectivity index (χ4n) is 3.87. The van der Waals surface area contributed by atoms with Crippen LogP contribution in [0.2, 0.25) is 0 Å². The summed E-state index contributed by atoms with van der Waals surface area (Å²) < 4.78 is 12.2. The molecule has 1 aliphatic heterocycles. The van der Waals surface area contributed by atoms with Crippen LogP contribution in [0.25, 0.3) is 11.0 Å². The molecule has 1 saturated heterocycles. The summed E-state index contributed by atoms with van der Waals surface area (Å²) in [6.45, 7) is 3.35. The average Bonchev–Trinajstić information content (AvgIpc) is 3.04. The Morgan fingerprint density at radius 1 is 1.04 bits per heavy atom. The van der Waals surface area contributed by atoms with Gasteiger partial charge in [-0.2, -0.15) is 0 Å². The molecule has 3 aromatic rings. The standard InChI is InChI=1S/C22H26N2O2/c1-23(2)16-21-22(17-8-4-3-5-9-17)24(12-13-25-21)15-19-14-18-10-6-7-11-20(18)26-19/h3-11,14,21-22H,12-13,15-16H2,1-2H3/t21-,22-/m0/s1. The number of hydrogen-bond donors (Lipinski definition) is 0. The molecule has 2 atom stereocenters. The zero-order valence-electron chi connectivity index (χ0n) is 15.5. The van der Waals surface area contributed by atoms with Crippen LogP contribution < -0.4 is 0 Å². The molecule has 26 heavy (non-hydrogen) atoms. The van der Waals surface area contributed by atoms with Crippen LogP contribution in [0.3, 0.4) is 0 Å². The van der Waals surface area contributed by atoms with Crippen LogP contribution in [-0.2, 0) is 11.3 Å². The van der Waals surface area contributed by atoms with Gasteiger partial charge in [-0.05, 0) is 31.8 Å². The van der Waals surface area contributed by atoms with Crippen LogP contribution >= 0.6 is 0 Å². The lowest BCUT2D eigenvalue weighted by Gasteiger charge is -2.42. The second-order valence-corrected chi connectivity index (χ2v) is 7.25. The van der Waals surface area contributed by atoms with E-state index in [2.05, 4.69) is 72.4 Å². The number of para-hydroxylation sites is 1. The Labute approximate surface area is 155 Å². The maximum atomic E-state index is 6.17. The minimum Gasteiger partial charge on any atom is -0.460 e. The lowest BCUT2D eigenvalue weighted by atomic mass is 9.97. The maximum absolute atomic E-state index is 6.17. The van der Waals surface area contributed by atoms with Gasteiger partial charge in [-0.25, -0.2) is 0 Å². The highest BCUT2D eigenvalue weighted by Crippen LogP contribution is 2.32. The van der Waals surface area contributed by atoms with E-state index in [1.807, 2.05) is 12.1 Å². The SMILES string of the molecule is CN(C)C[C@@H]1OCCN(Cc2cc3ccccc3o2)[C@H]1c1ccccc1. The quantitative estimate of drug-likeness (QED) is 0.697. The summed E-state index contributed by atoms with van der Waals surface area (Å²) in [5, 5.41) is 1.16. The Hall–Kier alpha value is -2.14. The highest BCUT2D eigenvalue weighted by atomic mass is 16.5. The van der Waals surface area contributed by atoms with E-state index in [1.165, 1.54) is 5.56 Å². The predicted octanol–water partition coefficient (Wildman–Crippen LogP) is 3.94. The number of ether oxygens (including phenoxy) is 1. The number of nitrogens with zero attached hydrogens (tertiary/aromatic N) is 2. The van der Waals surface area contributed by atoms with Crippen molar-refractivity contribution in [3.05, 3.63) is 72.0 Å². The summed E-state index contributed by atoms with van der Waals surface area (Å²) in [6, 6.07) is 21.3. The van der Waals surface area contributed by atoms with Crippen LogP contribution in [-0.4, -0.2) is 49.7 Å². The van der Waals surface area contributed by atoms with Crippen molar-refractivity contribution in [3.63, 3.8) is 0 Å². The van der Waals surface area contributed by atoms with Gasteiger partial charge in [-0.3, -0.25) is 4.90 Å². The van der Waals surface area contributed by atoms with Gasteiger partial charge in [0.05, 0.1) is 25.3 Å². The molecule has 2 aromatic carbocycles. The van der Waals surface area contributed by atoms with Crippen molar-refractivity contribution in [1.82, 2.24) is 9.80 Å². The van der Waals surface area contributed by atoms with Crippen molar-refractivity contribution in [2.24, 2.45) is 0 Å². The zero-order valence-corrected chi connectivity index (χ0v) is 15.5. The van der Waals surface area contributed by atoms with Crippen molar-refractivity contribution in [3.8, 4) is 0 Å². The van der Waals surface area contributed by atoms with E-state index in [1.54, 1.807) is 0 Å². The molecule has 1 aliphatic rings. The molecule has 4 rings (SSSR count). The number of rotatable bonds is 5. The molecule has 0 amide bonds. The lowest BCUT2D eigenvalue weighted by molar-refractivity contribution is -0.0852. The van der Waals surface area contributed by atoms with Gasteiger partial charge in [0.15, 0.2) is 0 Å². The summed E-state index contributed by atoms with van der Waals surface area (Å²) in [5.41, 5.74) is 2.26. The normalized spacial score (nSPS) is 21.5. The molecule has 4 nitrogen and oxygen atoms in total. The summed E-state index contributed by atoms with van der Waals surface area (Å²) in [7, 11) is 4.20. The summed E-state index contributed by atoms with van der Waals surface area (Å²) >= 11 is 0. The summed E-state index contributed by atoms with van der Waals surface area (Å²) in [4.78, 5) is 4.69. The Balaban J connectivity index is 1.63. The topological polar surface area (TPSA) is 28.9 Å². The first kappa shape index (κ1) is 17.3. The van der Waals surface area contributed by atoms with Crippen LogP contribution in [0.1, 0.15) is 17.4 Å². The fourth-order valence-corrected chi connectivity index (χ4v) is 3.87. The van der Waals surface area contributed by atoms with Gasteiger partial charge in [-0.1, -0.05) is 48.5 Å². The second kappa shape index (κ2) is 7.62. The van der Waals surface area contributed by atoms with Gasteiger partial charge in [0.25, 0.3) is 0 Å². The van der Waals surface area contributed by atoms with Crippen LogP contribution in [0.15, 0.2) is 65.1 Å². The second-order valence-electron chi connectivity index (χ2n) is 7.25. The molecule has 136 valence electrons. The third kappa shape index (κ3) is 3.68. The lowest BCUT2D eigenvalue weighted by Crippen LogP contribution is -2.48. The van der Waals surface area contributed by atoms with Crippen molar-refractivity contribution in [2.45, 2.75) is 18.7 Å². The van der Waals surface area contributed by atoms with Crippen molar-refractivity contribution >= 4 is 11.0 Å². The summed E-state index contributed by atoms with van der Waals surface area (Å²) in [5.74, 6) is 1.01. The molecule has 2 heterocycles. The predicted molar refractivity (Wildman–Crippen MR) is 104 cm³/mol. The monoisotopic (exact) mass is 350 g/mol. The third-order valence-electron chi connectivity index (χ3n) is 4.98. The first-order valence-electron chi connectivity index (χ1n) is 9.23. The Morgan fingerprint density at radius 2 is 1.81 bits per heavy atom. The molecular formula is C22H26N2O2. The molecule has 0 N–H and O–H groups in total. The van der Waals surface area contributed by atoms with E-state index < -0.39 is 0 Å². The van der Waals surface area contributed by atoms with Gasteiger partial charge in [0, 0.05) is 18.5 Å². The number of furan rings is 1. The zero-order chi connectivity index (χ0) is 17.9. The first-order valence-corrected chi connectivity index (χ1v) is 9.23. The first-order chi connectivity index (χ1) is 12.7. The van der Waals surface area contributed by atoms with Gasteiger partial charge < -0.3 is 14.1 Å². The van der Waals surface area contributed by atoms with Gasteiger partial charge in [0.2, 0.25) is 0 Å². The van der Waals surface area contributed by atoms with E-state index in [-0.39, 0.29) is 12.1 Å². The Morgan fingerprint density at radius 3 is 2.58 bits per heavy atom. The van der Waals surface area contributed by atoms with Crippen molar-refractivity contribution in [2.75, 3.05) is 33.8 Å². The van der Waals surface area contributed by atoms with E-state index in [0.717, 1.165) is 43.0 Å². The van der Waals surface area contributed by atoms with Gasteiger partial charge >= 0.3 is 0 Å². The number of benzene rings is 2. The number of morpholine rings is 1. The van der Waals surface area contributed by atoms with E-state index >= 15 is 0 Å².